The molecule has 1 fully saturated rings. The number of pyridine rings is 1. The quantitative estimate of drug-likeness (QED) is 0.0135. The number of carbonyl (C=O) groups is 5. The molecule has 19 heteroatoms. The Morgan fingerprint density at radius 1 is 0.955 bits per heavy atom. The van der Waals surface area contributed by atoms with Crippen molar-refractivity contribution in [1.29, 1.82) is 0 Å². The van der Waals surface area contributed by atoms with E-state index in [9.17, 15) is 24.0 Å². The highest BCUT2D eigenvalue weighted by Crippen LogP contribution is 2.42. The zero-order valence-corrected chi connectivity index (χ0v) is 38.6. The molecule has 1 saturated heterocycles. The van der Waals surface area contributed by atoms with Crippen molar-refractivity contribution in [2.75, 3.05) is 23.9 Å². The van der Waals surface area contributed by atoms with E-state index in [1.165, 1.54) is 33.8 Å². The van der Waals surface area contributed by atoms with Crippen LogP contribution in [-0.2, 0) is 44.8 Å². The molecule has 4 heterocycles. The molecule has 16 nitrogen and oxygen atoms in total. The summed E-state index contributed by atoms with van der Waals surface area (Å²) in [6, 6.07) is 27.7. The number of hydrogen-bond donors (Lipinski definition) is 2. The Kier molecular flexibility index (Phi) is 15.2. The van der Waals surface area contributed by atoms with Crippen molar-refractivity contribution < 1.29 is 47.8 Å². The fraction of sp³-hybridized carbons (Fsp3) is 0.234. The standard InChI is InChI=1S/C47H44N6O10S3/c1-28(43(56)61-39(30-12-8-6-9-13-30)31-14-10-7-11-15-31)63-52-36(35-27-66-45(49-35)51-46(58)62-47(2,3)4)40(54)50-37-41(55)53-38(44(57)60-24-29-16-18-33(59-5)19-17-29)32(26-65-42(37)53)25-64-34-20-22-48-23-21-34/h6-23,27,37,39,42H,1,24-26H2,2-5H3,(H,50,54)(H,49,51,58)/t37-,42-/m1/s1. The van der Waals surface area contributed by atoms with E-state index in [4.69, 9.17) is 23.8 Å². The summed E-state index contributed by atoms with van der Waals surface area (Å²) < 4.78 is 22.2. The van der Waals surface area contributed by atoms with Crippen LogP contribution in [0.5, 0.6) is 5.75 Å². The van der Waals surface area contributed by atoms with Crippen LogP contribution in [0.15, 0.2) is 148 Å². The van der Waals surface area contributed by atoms with Gasteiger partial charge in [-0.2, -0.15) is 0 Å². The van der Waals surface area contributed by atoms with E-state index in [2.05, 4.69) is 32.3 Å². The summed E-state index contributed by atoms with van der Waals surface area (Å²) in [5, 5.41) is 10.0. The van der Waals surface area contributed by atoms with Crippen molar-refractivity contribution in [2.45, 2.75) is 55.4 Å². The highest BCUT2D eigenvalue weighted by atomic mass is 32.2. The number of benzene rings is 3. The van der Waals surface area contributed by atoms with Gasteiger partial charge in [-0.1, -0.05) is 78.0 Å². The van der Waals surface area contributed by atoms with Crippen LogP contribution in [0.4, 0.5) is 9.93 Å². The lowest BCUT2D eigenvalue weighted by atomic mass is 10.0. The number of ether oxygens (including phenoxy) is 4. The van der Waals surface area contributed by atoms with Crippen LogP contribution >= 0.6 is 34.9 Å². The third kappa shape index (κ3) is 11.8. The largest absolute Gasteiger partial charge is 0.497 e. The van der Waals surface area contributed by atoms with Crippen molar-refractivity contribution in [3.05, 3.63) is 161 Å². The average molecular weight is 949 g/mol. The van der Waals surface area contributed by atoms with Gasteiger partial charge >= 0.3 is 18.0 Å². The first-order valence-electron chi connectivity index (χ1n) is 20.3. The SMILES string of the molecule is C=C(ON=C(C(=O)N[C@@H]1C(=O)N2C(C(=O)OCc3ccc(OC)cc3)=C(CSc3ccncc3)CS[C@H]12)c1csc(NC(=O)OC(C)(C)C)n1)C(=O)OC(c1ccccc1)c1ccccc1. The molecule has 66 heavy (non-hydrogen) atoms. The van der Waals surface area contributed by atoms with Gasteiger partial charge in [0.1, 0.15) is 40.8 Å². The summed E-state index contributed by atoms with van der Waals surface area (Å²) in [4.78, 5) is 84.5. The number of amides is 3. The van der Waals surface area contributed by atoms with Gasteiger partial charge in [-0.05, 0) is 73.9 Å². The summed E-state index contributed by atoms with van der Waals surface area (Å²) in [7, 11) is 1.55. The topological polar surface area (TPSA) is 197 Å². The second kappa shape index (κ2) is 21.4. The lowest BCUT2D eigenvalue weighted by molar-refractivity contribution is -0.153. The van der Waals surface area contributed by atoms with Gasteiger partial charge in [-0.25, -0.2) is 19.4 Å². The molecule has 2 aliphatic rings. The molecule has 3 aromatic carbocycles. The molecule has 5 aromatic rings. The van der Waals surface area contributed by atoms with E-state index in [-0.39, 0.29) is 23.1 Å². The number of hydrogen-bond acceptors (Lipinski definition) is 16. The Hall–Kier alpha value is -6.96. The molecule has 2 atom stereocenters. The van der Waals surface area contributed by atoms with Gasteiger partial charge < -0.3 is 29.1 Å². The minimum Gasteiger partial charge on any atom is -0.497 e. The number of esters is 2. The second-order valence-electron chi connectivity index (χ2n) is 15.4. The number of fused-ring (bicyclic) bond motifs is 1. The number of thioether (sulfide) groups is 2. The number of carbonyl (C=O) groups excluding carboxylic acids is 5. The zero-order valence-electron chi connectivity index (χ0n) is 36.1. The van der Waals surface area contributed by atoms with Gasteiger partial charge in [0.2, 0.25) is 5.76 Å². The van der Waals surface area contributed by atoms with Gasteiger partial charge in [0.05, 0.1) is 7.11 Å². The number of methoxy groups -OCH3 is 1. The molecule has 3 amide bonds. The molecule has 0 radical (unpaired) electrons. The highest BCUT2D eigenvalue weighted by Gasteiger charge is 2.54. The molecule has 2 aliphatic heterocycles. The molecule has 0 bridgehead atoms. The van der Waals surface area contributed by atoms with Crippen LogP contribution in [0.3, 0.4) is 0 Å². The van der Waals surface area contributed by atoms with E-state index < -0.39 is 64.4 Å². The fourth-order valence-electron chi connectivity index (χ4n) is 6.47. The van der Waals surface area contributed by atoms with E-state index in [0.717, 1.165) is 16.2 Å². The summed E-state index contributed by atoms with van der Waals surface area (Å²) in [5.74, 6) is -2.36. The maximum atomic E-state index is 14.2. The monoisotopic (exact) mass is 948 g/mol. The van der Waals surface area contributed by atoms with Crippen molar-refractivity contribution in [2.24, 2.45) is 5.16 Å². The number of oxime groups is 1. The van der Waals surface area contributed by atoms with E-state index >= 15 is 0 Å². The van der Waals surface area contributed by atoms with Gasteiger partial charge in [-0.15, -0.1) is 34.9 Å². The summed E-state index contributed by atoms with van der Waals surface area (Å²) in [6.07, 6.45) is 1.71. The van der Waals surface area contributed by atoms with E-state index in [1.807, 2.05) is 48.5 Å². The number of thiazole rings is 1. The average Bonchev–Trinajstić information content (AvgIpc) is 3.78. The fourth-order valence-corrected chi connectivity index (χ4v) is 9.52. The van der Waals surface area contributed by atoms with Crippen molar-refractivity contribution in [3.63, 3.8) is 0 Å². The van der Waals surface area contributed by atoms with Gasteiger partial charge in [-0.3, -0.25) is 24.8 Å². The number of nitrogens with zero attached hydrogens (tertiary/aromatic N) is 4. The first-order chi connectivity index (χ1) is 31.8. The smallest absolute Gasteiger partial charge is 0.413 e. The molecule has 2 N–H and O–H groups in total. The minimum absolute atomic E-state index is 0.0559. The van der Waals surface area contributed by atoms with Crippen LogP contribution < -0.4 is 15.4 Å². The number of anilines is 1. The van der Waals surface area contributed by atoms with Gasteiger partial charge in [0, 0.05) is 34.2 Å². The van der Waals surface area contributed by atoms with Crippen LogP contribution in [0.2, 0.25) is 0 Å². The Labute approximate surface area is 392 Å². The van der Waals surface area contributed by atoms with Crippen molar-refractivity contribution >= 4 is 75.6 Å². The molecule has 340 valence electrons. The summed E-state index contributed by atoms with van der Waals surface area (Å²) in [5.41, 5.74) is 1.51. The zero-order chi connectivity index (χ0) is 46.8. The second-order valence-corrected chi connectivity index (χ2v) is 18.4. The van der Waals surface area contributed by atoms with Gasteiger partial charge in [0.15, 0.2) is 16.9 Å². The minimum atomic E-state index is -1.13. The molecule has 0 saturated carbocycles. The number of rotatable bonds is 17. The highest BCUT2D eigenvalue weighted by molar-refractivity contribution is 8.01. The first-order valence-corrected chi connectivity index (χ1v) is 23.2. The van der Waals surface area contributed by atoms with Crippen LogP contribution in [0.25, 0.3) is 0 Å². The normalized spacial score (nSPS) is 15.8. The summed E-state index contributed by atoms with van der Waals surface area (Å²) in [6.45, 7) is 8.75. The van der Waals surface area contributed by atoms with E-state index in [0.29, 0.717) is 39.5 Å². The van der Waals surface area contributed by atoms with Crippen LogP contribution in [0.1, 0.15) is 49.3 Å². The van der Waals surface area contributed by atoms with Gasteiger partial charge in [0.25, 0.3) is 11.8 Å². The lowest BCUT2D eigenvalue weighted by Gasteiger charge is -2.49. The molecule has 0 unspecified atom stereocenters. The number of nitrogens with one attached hydrogen (secondary N) is 2. The number of aromatic nitrogens is 2. The third-order valence-electron chi connectivity index (χ3n) is 9.59. The predicted octanol–water partition coefficient (Wildman–Crippen LogP) is 7.65. The molecule has 0 spiro atoms. The van der Waals surface area contributed by atoms with Crippen molar-refractivity contribution in [3.8, 4) is 5.75 Å². The summed E-state index contributed by atoms with van der Waals surface area (Å²) >= 11 is 3.80. The maximum absolute atomic E-state index is 14.2. The molecule has 7 rings (SSSR count). The molecular formula is C47H44N6O10S3. The van der Waals surface area contributed by atoms with E-state index in [1.54, 1.807) is 88.8 Å². The Bertz CT molecular complexity index is 2600. The van der Waals surface area contributed by atoms with Crippen molar-refractivity contribution in [1.82, 2.24) is 20.2 Å². The lowest BCUT2D eigenvalue weighted by Crippen LogP contribution is -2.71. The maximum Gasteiger partial charge on any atom is 0.413 e. The number of β-lactam (4-membered cyclic amide) rings is 1. The predicted molar refractivity (Wildman–Crippen MR) is 249 cm³/mol. The first kappa shape index (κ1) is 47.0. The Morgan fingerprint density at radius 2 is 1.62 bits per heavy atom. The third-order valence-corrected chi connectivity index (χ3v) is 12.8. The molecular weight excluding hydrogens is 905 g/mol. The molecule has 2 aromatic heterocycles. The molecule has 0 aliphatic carbocycles. The van der Waals surface area contributed by atoms with Crippen LogP contribution in [0, 0.1) is 0 Å². The van der Waals surface area contributed by atoms with Crippen LogP contribution in [-0.4, -0.2) is 86.1 Å². The Morgan fingerprint density at radius 3 is 2.26 bits per heavy atom. The Balaban J connectivity index is 1.11.